The molecule has 1 aromatic carbocycles. The molecule has 0 atom stereocenters. The second-order valence-corrected chi connectivity index (χ2v) is 4.53. The average molecular weight is 282 g/mol. The van der Waals surface area contributed by atoms with Crippen LogP contribution in [0.5, 0.6) is 0 Å². The molecule has 0 saturated carbocycles. The normalized spacial score (nSPS) is 10.5. The summed E-state index contributed by atoms with van der Waals surface area (Å²) in [5, 5.41) is 13.5. The van der Waals surface area contributed by atoms with Gasteiger partial charge in [-0.1, -0.05) is 0 Å². The third-order valence-electron chi connectivity index (χ3n) is 2.99. The van der Waals surface area contributed by atoms with E-state index >= 15 is 0 Å². The second kappa shape index (κ2) is 5.49. The lowest BCUT2D eigenvalue weighted by Gasteiger charge is -2.02. The van der Waals surface area contributed by atoms with Crippen LogP contribution in [0, 0.1) is 0 Å². The molecule has 3 aromatic rings. The SMILES string of the molecule is Nc1ccc(-n2ccc(C(=O)NCc3cn[nH]c3)n2)cc1. The Bertz CT molecular complexity index is 729. The number of hydrogen-bond acceptors (Lipinski definition) is 4. The highest BCUT2D eigenvalue weighted by atomic mass is 16.1. The average Bonchev–Trinajstić information content (AvgIpc) is 3.17. The summed E-state index contributed by atoms with van der Waals surface area (Å²) < 4.78 is 1.63. The maximum absolute atomic E-state index is 12.0. The van der Waals surface area contributed by atoms with Crippen molar-refractivity contribution in [1.82, 2.24) is 25.3 Å². The van der Waals surface area contributed by atoms with Crippen LogP contribution in [0.15, 0.2) is 48.9 Å². The number of carbonyl (C=O) groups is 1. The molecule has 3 rings (SSSR count). The lowest BCUT2D eigenvalue weighted by molar-refractivity contribution is 0.0945. The Morgan fingerprint density at radius 3 is 2.81 bits per heavy atom. The van der Waals surface area contributed by atoms with Crippen molar-refractivity contribution in [2.75, 3.05) is 5.73 Å². The Labute approximate surface area is 120 Å². The van der Waals surface area contributed by atoms with Crippen molar-refractivity contribution in [3.8, 4) is 5.69 Å². The van der Waals surface area contributed by atoms with Crippen LogP contribution in [0.3, 0.4) is 0 Å². The quantitative estimate of drug-likeness (QED) is 0.624. The molecule has 1 amide bonds. The third-order valence-corrected chi connectivity index (χ3v) is 2.99. The summed E-state index contributed by atoms with van der Waals surface area (Å²) in [4.78, 5) is 12.0. The fourth-order valence-corrected chi connectivity index (χ4v) is 1.86. The summed E-state index contributed by atoms with van der Waals surface area (Å²) in [6, 6.07) is 8.93. The Hall–Kier alpha value is -3.09. The van der Waals surface area contributed by atoms with E-state index in [-0.39, 0.29) is 5.91 Å². The van der Waals surface area contributed by atoms with Gasteiger partial charge in [-0.05, 0) is 30.3 Å². The first-order valence-electron chi connectivity index (χ1n) is 6.40. The number of aromatic nitrogens is 4. The van der Waals surface area contributed by atoms with Gasteiger partial charge < -0.3 is 11.1 Å². The number of H-pyrrole nitrogens is 1. The van der Waals surface area contributed by atoms with Gasteiger partial charge in [0.25, 0.3) is 5.91 Å². The summed E-state index contributed by atoms with van der Waals surface area (Å²) in [5.41, 5.74) is 8.43. The summed E-state index contributed by atoms with van der Waals surface area (Å²) in [5.74, 6) is -0.231. The van der Waals surface area contributed by atoms with E-state index in [1.54, 1.807) is 41.5 Å². The molecule has 0 saturated heterocycles. The highest BCUT2D eigenvalue weighted by Crippen LogP contribution is 2.10. The number of nitrogens with one attached hydrogen (secondary N) is 2. The molecule has 7 nitrogen and oxygen atoms in total. The van der Waals surface area contributed by atoms with Crippen LogP contribution >= 0.6 is 0 Å². The molecule has 4 N–H and O–H groups in total. The first kappa shape index (κ1) is 12.9. The van der Waals surface area contributed by atoms with Gasteiger partial charge in [-0.15, -0.1) is 0 Å². The Kier molecular flexibility index (Phi) is 3.38. The number of carbonyl (C=O) groups excluding carboxylic acids is 1. The van der Waals surface area contributed by atoms with Gasteiger partial charge in [0, 0.05) is 30.2 Å². The lowest BCUT2D eigenvalue weighted by Crippen LogP contribution is -2.23. The zero-order chi connectivity index (χ0) is 14.7. The fraction of sp³-hybridized carbons (Fsp3) is 0.0714. The zero-order valence-electron chi connectivity index (χ0n) is 11.2. The first-order valence-corrected chi connectivity index (χ1v) is 6.40. The van der Waals surface area contributed by atoms with Crippen molar-refractivity contribution < 1.29 is 4.79 Å². The fourth-order valence-electron chi connectivity index (χ4n) is 1.86. The van der Waals surface area contributed by atoms with Crippen LogP contribution in [-0.2, 0) is 6.54 Å². The number of benzene rings is 1. The molecule has 0 bridgehead atoms. The smallest absolute Gasteiger partial charge is 0.272 e. The van der Waals surface area contributed by atoms with Crippen molar-refractivity contribution in [3.63, 3.8) is 0 Å². The van der Waals surface area contributed by atoms with E-state index in [4.69, 9.17) is 5.73 Å². The van der Waals surface area contributed by atoms with E-state index < -0.39 is 0 Å². The van der Waals surface area contributed by atoms with Gasteiger partial charge in [-0.2, -0.15) is 10.2 Å². The topological polar surface area (TPSA) is 102 Å². The van der Waals surface area contributed by atoms with Crippen LogP contribution in [0.1, 0.15) is 16.1 Å². The van der Waals surface area contributed by atoms with Crippen LogP contribution in [0.25, 0.3) is 5.69 Å². The van der Waals surface area contributed by atoms with E-state index in [1.165, 1.54) is 0 Å². The highest BCUT2D eigenvalue weighted by molar-refractivity contribution is 5.92. The molecule has 0 unspecified atom stereocenters. The van der Waals surface area contributed by atoms with Crippen molar-refractivity contribution in [2.45, 2.75) is 6.54 Å². The molecule has 0 aliphatic carbocycles. The zero-order valence-corrected chi connectivity index (χ0v) is 11.2. The molecule has 0 aliphatic rings. The van der Waals surface area contributed by atoms with Crippen LogP contribution in [0.2, 0.25) is 0 Å². The number of rotatable bonds is 4. The van der Waals surface area contributed by atoms with Gasteiger partial charge in [0.05, 0.1) is 11.9 Å². The van der Waals surface area contributed by atoms with E-state index in [0.717, 1.165) is 11.3 Å². The molecule has 0 fully saturated rings. The molecule has 2 aromatic heterocycles. The number of nitrogens with two attached hydrogens (primary N) is 1. The molecular formula is C14H14N6O. The molecule has 0 spiro atoms. The molecule has 0 radical (unpaired) electrons. The summed E-state index contributed by atoms with van der Waals surface area (Å²) in [6.45, 7) is 0.407. The number of anilines is 1. The maximum atomic E-state index is 12.0. The molecule has 2 heterocycles. The number of nitrogen functional groups attached to an aromatic ring is 1. The Morgan fingerprint density at radius 1 is 1.29 bits per heavy atom. The van der Waals surface area contributed by atoms with Crippen molar-refractivity contribution >= 4 is 11.6 Å². The summed E-state index contributed by atoms with van der Waals surface area (Å²) in [7, 11) is 0. The van der Waals surface area contributed by atoms with Crippen molar-refractivity contribution in [3.05, 3.63) is 60.2 Å². The first-order chi connectivity index (χ1) is 10.2. The van der Waals surface area contributed by atoms with E-state index in [2.05, 4.69) is 20.6 Å². The van der Waals surface area contributed by atoms with Gasteiger partial charge in [0.15, 0.2) is 5.69 Å². The minimum absolute atomic E-state index is 0.231. The van der Waals surface area contributed by atoms with Crippen molar-refractivity contribution in [2.24, 2.45) is 0 Å². The second-order valence-electron chi connectivity index (χ2n) is 4.53. The van der Waals surface area contributed by atoms with Gasteiger partial charge in [-0.3, -0.25) is 9.89 Å². The number of aromatic amines is 1. The predicted octanol–water partition coefficient (Wildman–Crippen LogP) is 1.11. The van der Waals surface area contributed by atoms with Crippen LogP contribution in [-0.4, -0.2) is 25.9 Å². The number of amides is 1. The minimum Gasteiger partial charge on any atom is -0.399 e. The minimum atomic E-state index is -0.231. The third kappa shape index (κ3) is 2.92. The van der Waals surface area contributed by atoms with E-state index in [9.17, 15) is 4.79 Å². The maximum Gasteiger partial charge on any atom is 0.272 e. The lowest BCUT2D eigenvalue weighted by atomic mass is 10.3. The molecule has 21 heavy (non-hydrogen) atoms. The Morgan fingerprint density at radius 2 is 2.10 bits per heavy atom. The summed E-state index contributed by atoms with van der Waals surface area (Å²) in [6.07, 6.45) is 5.12. The molecule has 7 heteroatoms. The Balaban J connectivity index is 1.69. The monoisotopic (exact) mass is 282 g/mol. The predicted molar refractivity (Wildman–Crippen MR) is 77.7 cm³/mol. The number of nitrogens with zero attached hydrogens (tertiary/aromatic N) is 3. The standard InChI is InChI=1S/C14H14N6O/c15-11-1-3-12(4-2-11)20-6-5-13(19-20)14(21)16-7-10-8-17-18-9-10/h1-6,8-9H,7,15H2,(H,16,21)(H,17,18). The van der Waals surface area contributed by atoms with Gasteiger partial charge in [-0.25, -0.2) is 4.68 Å². The largest absolute Gasteiger partial charge is 0.399 e. The highest BCUT2D eigenvalue weighted by Gasteiger charge is 2.10. The van der Waals surface area contributed by atoms with Crippen LogP contribution < -0.4 is 11.1 Å². The molecule has 106 valence electrons. The molecule has 0 aliphatic heterocycles. The van der Waals surface area contributed by atoms with E-state index in [1.807, 2.05) is 12.1 Å². The van der Waals surface area contributed by atoms with Gasteiger partial charge in [0.1, 0.15) is 0 Å². The molecular weight excluding hydrogens is 268 g/mol. The van der Waals surface area contributed by atoms with Gasteiger partial charge >= 0.3 is 0 Å². The van der Waals surface area contributed by atoms with Gasteiger partial charge in [0.2, 0.25) is 0 Å². The van der Waals surface area contributed by atoms with Crippen molar-refractivity contribution in [1.29, 1.82) is 0 Å². The van der Waals surface area contributed by atoms with E-state index in [0.29, 0.717) is 17.9 Å². The summed E-state index contributed by atoms with van der Waals surface area (Å²) >= 11 is 0. The number of hydrogen-bond donors (Lipinski definition) is 3. The van der Waals surface area contributed by atoms with Crippen LogP contribution in [0.4, 0.5) is 5.69 Å².